The highest BCUT2D eigenvalue weighted by Crippen LogP contribution is 2.28. The molecule has 1 fully saturated rings. The molecule has 2 amide bonds. The molecule has 0 aliphatic carbocycles. The van der Waals surface area contributed by atoms with Gasteiger partial charge in [-0.1, -0.05) is 6.07 Å². The van der Waals surface area contributed by atoms with Gasteiger partial charge in [0, 0.05) is 39.2 Å². The number of aromatic nitrogens is 3. The number of carbonyl (C=O) groups is 2. The van der Waals surface area contributed by atoms with Crippen molar-refractivity contribution in [2.45, 2.75) is 31.8 Å². The quantitative estimate of drug-likeness (QED) is 0.789. The number of likely N-dealkylation sites (tertiary alicyclic amines) is 1. The fourth-order valence-corrected chi connectivity index (χ4v) is 4.53. The summed E-state index contributed by atoms with van der Waals surface area (Å²) >= 11 is 1.46. The summed E-state index contributed by atoms with van der Waals surface area (Å²) in [7, 11) is 1.54. The molecule has 9 heteroatoms. The maximum Gasteiger partial charge on any atom is 0.264 e. The molecule has 0 radical (unpaired) electrons. The van der Waals surface area contributed by atoms with Gasteiger partial charge >= 0.3 is 0 Å². The van der Waals surface area contributed by atoms with Crippen molar-refractivity contribution in [3.8, 4) is 0 Å². The van der Waals surface area contributed by atoms with Crippen LogP contribution in [0.2, 0.25) is 0 Å². The summed E-state index contributed by atoms with van der Waals surface area (Å²) < 4.78 is 7.11. The maximum atomic E-state index is 12.6. The highest BCUT2D eigenvalue weighted by Gasteiger charge is 2.31. The van der Waals surface area contributed by atoms with E-state index in [-0.39, 0.29) is 24.3 Å². The van der Waals surface area contributed by atoms with Crippen LogP contribution in [0.1, 0.15) is 40.1 Å². The van der Waals surface area contributed by atoms with Crippen LogP contribution in [0.3, 0.4) is 0 Å². The minimum Gasteiger partial charge on any atom is -0.375 e. The molecule has 0 saturated carbocycles. The highest BCUT2D eigenvalue weighted by molar-refractivity contribution is 7.12. The molecule has 8 nitrogen and oxygen atoms in total. The van der Waals surface area contributed by atoms with Crippen molar-refractivity contribution < 1.29 is 14.3 Å². The van der Waals surface area contributed by atoms with Crippen molar-refractivity contribution in [1.29, 1.82) is 0 Å². The zero-order chi connectivity index (χ0) is 18.8. The summed E-state index contributed by atoms with van der Waals surface area (Å²) in [5.41, 5.74) is 0. The molecule has 1 saturated heterocycles. The van der Waals surface area contributed by atoms with Gasteiger partial charge in [0.15, 0.2) is 5.82 Å². The van der Waals surface area contributed by atoms with Gasteiger partial charge in [-0.05, 0) is 24.3 Å². The number of fused-ring (bicyclic) bond motifs is 1. The Bertz CT molecular complexity index is 819. The minimum absolute atomic E-state index is 0.0216. The standard InChI is InChI=1S/C18H23N5O3S/c1-26-12-16(24)21-6-2-4-13(10-21)17-20-19-15-11-22(7-8-23(15)17)18(25)14-5-3-9-27-14/h3,5,9,13H,2,4,6-8,10-12H2,1H3. The number of methoxy groups -OCH3 is 1. The number of hydrogen-bond acceptors (Lipinski definition) is 6. The molecule has 2 aromatic rings. The van der Waals surface area contributed by atoms with Crippen molar-refractivity contribution in [3.63, 3.8) is 0 Å². The first-order valence-electron chi connectivity index (χ1n) is 9.19. The van der Waals surface area contributed by atoms with E-state index in [1.165, 1.54) is 18.4 Å². The predicted octanol–water partition coefficient (Wildman–Crippen LogP) is 1.35. The number of amides is 2. The summed E-state index contributed by atoms with van der Waals surface area (Å²) in [5.74, 6) is 2.01. The number of rotatable bonds is 4. The third kappa shape index (κ3) is 3.61. The molecule has 0 N–H and O–H groups in total. The largest absolute Gasteiger partial charge is 0.375 e. The summed E-state index contributed by atoms with van der Waals surface area (Å²) in [5, 5.41) is 10.7. The van der Waals surface area contributed by atoms with Gasteiger partial charge in [-0.25, -0.2) is 0 Å². The fourth-order valence-electron chi connectivity index (χ4n) is 3.84. The second-order valence-electron chi connectivity index (χ2n) is 6.94. The number of piperidine rings is 1. The first kappa shape index (κ1) is 18.1. The van der Waals surface area contributed by atoms with Crippen LogP contribution >= 0.6 is 11.3 Å². The van der Waals surface area contributed by atoms with Crippen molar-refractivity contribution >= 4 is 23.2 Å². The number of thiophene rings is 1. The minimum atomic E-state index is 0.0216. The van der Waals surface area contributed by atoms with Crippen molar-refractivity contribution in [1.82, 2.24) is 24.6 Å². The van der Waals surface area contributed by atoms with E-state index < -0.39 is 0 Å². The molecule has 2 aliphatic heterocycles. The first-order valence-corrected chi connectivity index (χ1v) is 10.1. The fraction of sp³-hybridized carbons (Fsp3) is 0.556. The first-order chi connectivity index (χ1) is 13.2. The normalized spacial score (nSPS) is 19.8. The zero-order valence-electron chi connectivity index (χ0n) is 15.3. The molecule has 4 rings (SSSR count). The molecule has 27 heavy (non-hydrogen) atoms. The second-order valence-corrected chi connectivity index (χ2v) is 7.89. The van der Waals surface area contributed by atoms with Crippen LogP contribution in [0.15, 0.2) is 17.5 Å². The van der Waals surface area contributed by atoms with E-state index in [2.05, 4.69) is 14.8 Å². The van der Waals surface area contributed by atoms with Crippen LogP contribution in [0, 0.1) is 0 Å². The topological polar surface area (TPSA) is 80.6 Å². The summed E-state index contributed by atoms with van der Waals surface area (Å²) in [6.07, 6.45) is 1.94. The van der Waals surface area contributed by atoms with Crippen LogP contribution in [0.5, 0.6) is 0 Å². The summed E-state index contributed by atoms with van der Waals surface area (Å²) in [6, 6.07) is 3.74. The third-order valence-corrected chi connectivity index (χ3v) is 6.07. The van der Waals surface area contributed by atoms with Crippen LogP contribution in [0.25, 0.3) is 0 Å². The molecule has 144 valence electrons. The molecular formula is C18H23N5O3S. The Kier molecular flexibility index (Phi) is 5.22. The average molecular weight is 389 g/mol. The Morgan fingerprint density at radius 1 is 1.26 bits per heavy atom. The molecular weight excluding hydrogens is 366 g/mol. The van der Waals surface area contributed by atoms with Gasteiger partial charge in [0.2, 0.25) is 5.91 Å². The van der Waals surface area contributed by atoms with Crippen molar-refractivity contribution in [2.75, 3.05) is 33.4 Å². The predicted molar refractivity (Wildman–Crippen MR) is 99.5 cm³/mol. The monoisotopic (exact) mass is 389 g/mol. The van der Waals surface area contributed by atoms with Gasteiger partial charge in [-0.2, -0.15) is 0 Å². The SMILES string of the molecule is COCC(=O)N1CCCC(c2nnc3n2CCN(C(=O)c2cccs2)C3)C1. The number of ether oxygens (including phenoxy) is 1. The van der Waals surface area contributed by atoms with Crippen LogP contribution in [-0.4, -0.2) is 69.7 Å². The summed E-state index contributed by atoms with van der Waals surface area (Å²) in [6.45, 7) is 3.35. The summed E-state index contributed by atoms with van der Waals surface area (Å²) in [4.78, 5) is 29.2. The van der Waals surface area contributed by atoms with E-state index in [0.29, 0.717) is 26.2 Å². The number of carbonyl (C=O) groups excluding carboxylic acids is 2. The zero-order valence-corrected chi connectivity index (χ0v) is 16.2. The smallest absolute Gasteiger partial charge is 0.264 e. The average Bonchev–Trinajstić information content (AvgIpc) is 3.37. The number of nitrogens with zero attached hydrogens (tertiary/aromatic N) is 5. The second kappa shape index (κ2) is 7.77. The molecule has 0 bridgehead atoms. The molecule has 4 heterocycles. The lowest BCUT2D eigenvalue weighted by Crippen LogP contribution is -2.42. The van der Waals surface area contributed by atoms with E-state index in [1.54, 1.807) is 0 Å². The maximum absolute atomic E-state index is 12.6. The molecule has 2 aromatic heterocycles. The molecule has 0 aromatic carbocycles. The Balaban J connectivity index is 1.47. The third-order valence-electron chi connectivity index (χ3n) is 5.21. The highest BCUT2D eigenvalue weighted by atomic mass is 32.1. The molecule has 0 spiro atoms. The number of hydrogen-bond donors (Lipinski definition) is 0. The van der Waals surface area contributed by atoms with E-state index >= 15 is 0 Å². The van der Waals surface area contributed by atoms with Crippen LogP contribution < -0.4 is 0 Å². The Morgan fingerprint density at radius 2 is 2.15 bits per heavy atom. The van der Waals surface area contributed by atoms with E-state index in [9.17, 15) is 9.59 Å². The lowest BCUT2D eigenvalue weighted by Gasteiger charge is -2.33. The van der Waals surface area contributed by atoms with Gasteiger partial charge in [0.25, 0.3) is 5.91 Å². The van der Waals surface area contributed by atoms with Gasteiger partial charge in [0.05, 0.1) is 11.4 Å². The van der Waals surface area contributed by atoms with Crippen molar-refractivity contribution in [3.05, 3.63) is 34.0 Å². The van der Waals surface area contributed by atoms with Crippen LogP contribution in [-0.2, 0) is 22.6 Å². The molecule has 2 aliphatic rings. The lowest BCUT2D eigenvalue weighted by molar-refractivity contribution is -0.136. The molecule has 1 atom stereocenters. The van der Waals surface area contributed by atoms with Gasteiger partial charge in [0.1, 0.15) is 12.4 Å². The van der Waals surface area contributed by atoms with E-state index in [1.807, 2.05) is 27.3 Å². The van der Waals surface area contributed by atoms with E-state index in [4.69, 9.17) is 4.74 Å². The lowest BCUT2D eigenvalue weighted by atomic mass is 9.97. The Labute approximate surface area is 161 Å². The van der Waals surface area contributed by atoms with Crippen molar-refractivity contribution in [2.24, 2.45) is 0 Å². The van der Waals surface area contributed by atoms with Gasteiger partial charge in [-0.3, -0.25) is 9.59 Å². The Morgan fingerprint density at radius 3 is 2.93 bits per heavy atom. The van der Waals surface area contributed by atoms with Crippen LogP contribution in [0.4, 0.5) is 0 Å². The molecule has 1 unspecified atom stereocenters. The van der Waals surface area contributed by atoms with E-state index in [0.717, 1.165) is 35.9 Å². The Hall–Kier alpha value is -2.26. The van der Waals surface area contributed by atoms with Gasteiger partial charge in [-0.15, -0.1) is 21.5 Å². The van der Waals surface area contributed by atoms with Gasteiger partial charge < -0.3 is 19.1 Å².